The third kappa shape index (κ3) is 3.65. The van der Waals surface area contributed by atoms with Gasteiger partial charge in [0.25, 0.3) is 0 Å². The van der Waals surface area contributed by atoms with E-state index in [1.54, 1.807) is 32.0 Å². The molecule has 2 aromatic rings. The van der Waals surface area contributed by atoms with E-state index in [-0.39, 0.29) is 16.7 Å². The van der Waals surface area contributed by atoms with E-state index in [4.69, 9.17) is 4.52 Å². The summed E-state index contributed by atoms with van der Waals surface area (Å²) in [6.45, 7) is 7.03. The van der Waals surface area contributed by atoms with E-state index in [1.165, 1.54) is 6.92 Å². The molecule has 24 heavy (non-hydrogen) atoms. The fourth-order valence-electron chi connectivity index (χ4n) is 2.42. The largest absolute Gasteiger partial charge is 0.337 e. The molecule has 1 heterocycles. The third-order valence-electron chi connectivity index (χ3n) is 3.49. The van der Waals surface area contributed by atoms with Gasteiger partial charge < -0.3 is 4.52 Å². The van der Waals surface area contributed by atoms with Crippen LogP contribution in [0.3, 0.4) is 0 Å². The first-order valence-corrected chi connectivity index (χ1v) is 9.15. The molecule has 7 nitrogen and oxygen atoms in total. The van der Waals surface area contributed by atoms with Crippen molar-refractivity contribution in [3.05, 3.63) is 29.5 Å². The second-order valence-corrected chi connectivity index (χ2v) is 7.09. The van der Waals surface area contributed by atoms with Crippen molar-refractivity contribution in [1.82, 2.24) is 9.88 Å². The van der Waals surface area contributed by atoms with E-state index in [2.05, 4.69) is 15.2 Å². The maximum absolute atomic E-state index is 12.4. The lowest BCUT2D eigenvalue weighted by molar-refractivity contribution is -0.114. The Morgan fingerprint density at radius 2 is 2.00 bits per heavy atom. The molecule has 2 N–H and O–H groups in total. The van der Waals surface area contributed by atoms with E-state index in [0.29, 0.717) is 35.3 Å². The highest BCUT2D eigenvalue weighted by Gasteiger charge is 2.22. The minimum Gasteiger partial charge on any atom is -0.337 e. The van der Waals surface area contributed by atoms with Crippen molar-refractivity contribution in [2.45, 2.75) is 39.0 Å². The summed E-state index contributed by atoms with van der Waals surface area (Å²) in [6, 6.07) is 5.09. The standard InChI is InChI=1S/C16H21N3O4S/c1-5-13-15(16(23-19-13)18-11(4)20)12-8-7-10(3)14(9-12)24(21,22)17-6-2/h7-9,17H,5-6H2,1-4H3,(H,18,20). The first-order valence-electron chi connectivity index (χ1n) is 7.67. The molecule has 0 spiro atoms. The van der Waals surface area contributed by atoms with Crippen LogP contribution in [0.15, 0.2) is 27.6 Å². The zero-order chi connectivity index (χ0) is 17.9. The Morgan fingerprint density at radius 1 is 1.29 bits per heavy atom. The van der Waals surface area contributed by atoms with Gasteiger partial charge in [0.2, 0.25) is 21.8 Å². The molecule has 0 aliphatic rings. The molecule has 0 radical (unpaired) electrons. The Hall–Kier alpha value is -2.19. The first kappa shape index (κ1) is 18.2. The highest BCUT2D eigenvalue weighted by atomic mass is 32.2. The predicted molar refractivity (Wildman–Crippen MR) is 91.2 cm³/mol. The molecular formula is C16H21N3O4S. The maximum atomic E-state index is 12.4. The van der Waals surface area contributed by atoms with E-state index in [9.17, 15) is 13.2 Å². The van der Waals surface area contributed by atoms with Crippen LogP contribution in [0.1, 0.15) is 32.0 Å². The fourth-order valence-corrected chi connectivity index (χ4v) is 3.73. The average Bonchev–Trinajstić information content (AvgIpc) is 2.89. The molecule has 0 bridgehead atoms. The van der Waals surface area contributed by atoms with Gasteiger partial charge in [-0.1, -0.05) is 31.1 Å². The summed E-state index contributed by atoms with van der Waals surface area (Å²) in [7, 11) is -3.60. The number of sulfonamides is 1. The molecule has 0 atom stereocenters. The predicted octanol–water partition coefficient (Wildman–Crippen LogP) is 2.47. The lowest BCUT2D eigenvalue weighted by Gasteiger charge is -2.11. The van der Waals surface area contributed by atoms with Gasteiger partial charge in [-0.15, -0.1) is 0 Å². The Labute approximate surface area is 141 Å². The molecule has 8 heteroatoms. The monoisotopic (exact) mass is 351 g/mol. The molecule has 0 saturated carbocycles. The van der Waals surface area contributed by atoms with Crippen LogP contribution in [0.25, 0.3) is 11.1 Å². The minimum atomic E-state index is -3.60. The number of nitrogens with zero attached hydrogens (tertiary/aromatic N) is 1. The van der Waals surface area contributed by atoms with Crippen molar-refractivity contribution >= 4 is 21.8 Å². The molecule has 0 unspecified atom stereocenters. The minimum absolute atomic E-state index is 0.193. The van der Waals surface area contributed by atoms with Crippen LogP contribution in [0.5, 0.6) is 0 Å². The van der Waals surface area contributed by atoms with Gasteiger partial charge in [-0.3, -0.25) is 10.1 Å². The average molecular weight is 351 g/mol. The van der Waals surface area contributed by atoms with Crippen LogP contribution >= 0.6 is 0 Å². The van der Waals surface area contributed by atoms with Gasteiger partial charge in [-0.05, 0) is 30.5 Å². The van der Waals surface area contributed by atoms with E-state index < -0.39 is 10.0 Å². The number of hydrogen-bond acceptors (Lipinski definition) is 5. The number of carbonyl (C=O) groups is 1. The number of aryl methyl sites for hydroxylation is 2. The number of aromatic nitrogens is 1. The molecule has 0 fully saturated rings. The van der Waals surface area contributed by atoms with Gasteiger partial charge in [0, 0.05) is 13.5 Å². The van der Waals surface area contributed by atoms with Gasteiger partial charge in [0.1, 0.15) is 0 Å². The molecule has 0 aliphatic carbocycles. The SMILES string of the molecule is CCNS(=O)(=O)c1cc(-c2c(CC)noc2NC(C)=O)ccc1C. The Balaban J connectivity index is 2.62. The maximum Gasteiger partial charge on any atom is 0.240 e. The molecular weight excluding hydrogens is 330 g/mol. The van der Waals surface area contributed by atoms with Crippen molar-refractivity contribution in [2.24, 2.45) is 0 Å². The zero-order valence-electron chi connectivity index (χ0n) is 14.1. The smallest absolute Gasteiger partial charge is 0.240 e. The second-order valence-electron chi connectivity index (χ2n) is 5.35. The number of nitrogens with one attached hydrogen (secondary N) is 2. The number of amides is 1. The second kappa shape index (κ2) is 7.14. The number of carbonyl (C=O) groups excluding carboxylic acids is 1. The summed E-state index contributed by atoms with van der Waals surface area (Å²) in [5.41, 5.74) is 2.50. The molecule has 0 saturated heterocycles. The van der Waals surface area contributed by atoms with Crippen LogP contribution in [0.4, 0.5) is 5.88 Å². The Kier molecular flexibility index (Phi) is 5.40. The lowest BCUT2D eigenvalue weighted by atomic mass is 10.0. The summed E-state index contributed by atoms with van der Waals surface area (Å²) >= 11 is 0. The van der Waals surface area contributed by atoms with Crippen LogP contribution < -0.4 is 10.0 Å². The van der Waals surface area contributed by atoms with Crippen LogP contribution in [0, 0.1) is 6.92 Å². The van der Waals surface area contributed by atoms with Gasteiger partial charge in [0.15, 0.2) is 0 Å². The van der Waals surface area contributed by atoms with Crippen LogP contribution in [0.2, 0.25) is 0 Å². The molecule has 0 aliphatic heterocycles. The summed E-state index contributed by atoms with van der Waals surface area (Å²) in [5, 5.41) is 6.55. The highest BCUT2D eigenvalue weighted by molar-refractivity contribution is 7.89. The van der Waals surface area contributed by atoms with Crippen molar-refractivity contribution in [3.8, 4) is 11.1 Å². The number of benzene rings is 1. The third-order valence-corrected chi connectivity index (χ3v) is 5.18. The Morgan fingerprint density at radius 3 is 2.58 bits per heavy atom. The van der Waals surface area contributed by atoms with E-state index in [1.807, 2.05) is 6.92 Å². The summed E-state index contributed by atoms with van der Waals surface area (Å²) in [6.07, 6.45) is 0.585. The van der Waals surface area contributed by atoms with Crippen LogP contribution in [-0.2, 0) is 21.2 Å². The quantitative estimate of drug-likeness (QED) is 0.832. The van der Waals surface area contributed by atoms with Crippen molar-refractivity contribution < 1.29 is 17.7 Å². The van der Waals surface area contributed by atoms with E-state index in [0.717, 1.165) is 0 Å². The topological polar surface area (TPSA) is 101 Å². The zero-order valence-corrected chi connectivity index (χ0v) is 15.0. The lowest BCUT2D eigenvalue weighted by Crippen LogP contribution is -2.24. The molecule has 1 aromatic heterocycles. The number of anilines is 1. The fraction of sp³-hybridized carbons (Fsp3) is 0.375. The van der Waals surface area contributed by atoms with Gasteiger partial charge >= 0.3 is 0 Å². The van der Waals surface area contributed by atoms with E-state index >= 15 is 0 Å². The Bertz CT molecular complexity index is 856. The van der Waals surface area contributed by atoms with Gasteiger partial charge in [-0.2, -0.15) is 0 Å². The molecule has 1 amide bonds. The van der Waals surface area contributed by atoms with Crippen molar-refractivity contribution in [2.75, 3.05) is 11.9 Å². The molecule has 2 rings (SSSR count). The van der Waals surface area contributed by atoms with Crippen molar-refractivity contribution in [1.29, 1.82) is 0 Å². The van der Waals surface area contributed by atoms with Crippen molar-refractivity contribution in [3.63, 3.8) is 0 Å². The van der Waals surface area contributed by atoms with Gasteiger partial charge in [0.05, 0.1) is 16.2 Å². The first-order chi connectivity index (χ1) is 11.3. The normalized spacial score (nSPS) is 11.5. The van der Waals surface area contributed by atoms with Gasteiger partial charge in [-0.25, -0.2) is 13.1 Å². The van der Waals surface area contributed by atoms with Crippen LogP contribution in [-0.4, -0.2) is 26.0 Å². The molecule has 130 valence electrons. The number of rotatable bonds is 6. The summed E-state index contributed by atoms with van der Waals surface area (Å²) in [4.78, 5) is 11.5. The highest BCUT2D eigenvalue weighted by Crippen LogP contribution is 2.34. The molecule has 1 aromatic carbocycles. The number of hydrogen-bond donors (Lipinski definition) is 2. The summed E-state index contributed by atoms with van der Waals surface area (Å²) in [5.74, 6) is -0.0716. The summed E-state index contributed by atoms with van der Waals surface area (Å²) < 4.78 is 32.4.